The number of aliphatic hydroxyl groups is 6. The highest BCUT2D eigenvalue weighted by Crippen LogP contribution is 2.14. The summed E-state index contributed by atoms with van der Waals surface area (Å²) in [6, 6.07) is 0. The van der Waals surface area contributed by atoms with E-state index in [1.165, 1.54) is 89.9 Å². The van der Waals surface area contributed by atoms with E-state index in [2.05, 4.69) is 5.32 Å². The summed E-state index contributed by atoms with van der Waals surface area (Å²) >= 11 is 0. The molecule has 0 spiro atoms. The molecule has 0 radical (unpaired) electrons. The molecule has 0 bridgehead atoms. The standard InChI is InChI=1S/C25H53NO6/c27-19-17-15-13-11-9-7-5-3-1-2-4-6-8-10-12-14-16-18-26-20-22(29)24(31)25(32)23(30)21-28/h22-32H,1-21H2. The van der Waals surface area contributed by atoms with Crippen molar-refractivity contribution in [2.24, 2.45) is 0 Å². The quantitative estimate of drug-likeness (QED) is 0.104. The smallest absolute Gasteiger partial charge is 0.111 e. The summed E-state index contributed by atoms with van der Waals surface area (Å²) in [6.07, 6.45) is 15.8. The van der Waals surface area contributed by atoms with Crippen LogP contribution in [0, 0.1) is 0 Å². The predicted octanol–water partition coefficient (Wildman–Crippen LogP) is 2.64. The van der Waals surface area contributed by atoms with Gasteiger partial charge in [0.05, 0.1) is 12.7 Å². The molecule has 0 aliphatic carbocycles. The van der Waals surface area contributed by atoms with Crippen molar-refractivity contribution in [3.8, 4) is 0 Å². The Hall–Kier alpha value is -0.280. The molecule has 4 unspecified atom stereocenters. The van der Waals surface area contributed by atoms with Crippen LogP contribution >= 0.6 is 0 Å². The molecule has 0 saturated heterocycles. The SMILES string of the molecule is OCCCCCCCCCCCCCCCCCCCNCC(O)C(O)C(O)C(O)CO. The molecule has 0 fully saturated rings. The molecule has 0 aromatic rings. The minimum Gasteiger partial charge on any atom is -0.396 e. The van der Waals surface area contributed by atoms with Gasteiger partial charge >= 0.3 is 0 Å². The van der Waals surface area contributed by atoms with E-state index in [9.17, 15) is 20.4 Å². The normalized spacial score (nSPS) is 15.6. The lowest BCUT2D eigenvalue weighted by Gasteiger charge is -2.25. The van der Waals surface area contributed by atoms with E-state index in [1.807, 2.05) is 0 Å². The number of hydrogen-bond donors (Lipinski definition) is 7. The molecule has 7 N–H and O–H groups in total. The molecule has 0 aliphatic rings. The zero-order valence-corrected chi connectivity index (χ0v) is 20.3. The maximum atomic E-state index is 9.81. The molecule has 7 nitrogen and oxygen atoms in total. The van der Waals surface area contributed by atoms with E-state index in [-0.39, 0.29) is 6.54 Å². The maximum absolute atomic E-state index is 9.81. The topological polar surface area (TPSA) is 133 Å². The first-order valence-electron chi connectivity index (χ1n) is 13.2. The Labute approximate surface area is 196 Å². The van der Waals surface area contributed by atoms with Gasteiger partial charge in [-0.3, -0.25) is 0 Å². The fraction of sp³-hybridized carbons (Fsp3) is 1.00. The summed E-state index contributed by atoms with van der Waals surface area (Å²) in [5.41, 5.74) is 0. The Balaban J connectivity index is 3.27. The van der Waals surface area contributed by atoms with E-state index in [0.717, 1.165) is 25.8 Å². The lowest BCUT2D eigenvalue weighted by Crippen LogP contribution is -2.49. The molecular formula is C25H53NO6. The van der Waals surface area contributed by atoms with E-state index >= 15 is 0 Å². The summed E-state index contributed by atoms with van der Waals surface area (Å²) in [6.45, 7) is 0.558. The largest absolute Gasteiger partial charge is 0.396 e. The van der Waals surface area contributed by atoms with Gasteiger partial charge in [-0.1, -0.05) is 96.3 Å². The van der Waals surface area contributed by atoms with Crippen LogP contribution in [0.15, 0.2) is 0 Å². The van der Waals surface area contributed by atoms with Crippen molar-refractivity contribution in [1.82, 2.24) is 5.32 Å². The average Bonchev–Trinajstić information content (AvgIpc) is 2.81. The van der Waals surface area contributed by atoms with Crippen LogP contribution in [0.2, 0.25) is 0 Å². The summed E-state index contributed by atoms with van der Waals surface area (Å²) in [5, 5.41) is 59.0. The van der Waals surface area contributed by atoms with Crippen LogP contribution in [0.4, 0.5) is 0 Å². The summed E-state index contributed by atoms with van der Waals surface area (Å²) in [4.78, 5) is 0. The van der Waals surface area contributed by atoms with E-state index in [4.69, 9.17) is 10.2 Å². The van der Waals surface area contributed by atoms with E-state index < -0.39 is 31.0 Å². The summed E-state index contributed by atoms with van der Waals surface area (Å²) in [7, 11) is 0. The lowest BCUT2D eigenvalue weighted by molar-refractivity contribution is -0.113. The second-order valence-corrected chi connectivity index (χ2v) is 9.24. The zero-order chi connectivity index (χ0) is 23.9. The van der Waals surface area contributed by atoms with Crippen molar-refractivity contribution in [2.75, 3.05) is 26.3 Å². The van der Waals surface area contributed by atoms with Gasteiger partial charge in [0.25, 0.3) is 0 Å². The minimum absolute atomic E-state index is 0.140. The number of hydrogen-bond acceptors (Lipinski definition) is 7. The van der Waals surface area contributed by atoms with Gasteiger partial charge in [0.1, 0.15) is 18.3 Å². The fourth-order valence-corrected chi connectivity index (χ4v) is 3.95. The molecule has 0 aliphatic heterocycles. The first-order valence-corrected chi connectivity index (χ1v) is 13.2. The lowest BCUT2D eigenvalue weighted by atomic mass is 10.0. The van der Waals surface area contributed by atoms with Gasteiger partial charge in [-0.05, 0) is 19.4 Å². The van der Waals surface area contributed by atoms with Crippen molar-refractivity contribution in [3.63, 3.8) is 0 Å². The molecule has 7 heteroatoms. The van der Waals surface area contributed by atoms with Crippen LogP contribution < -0.4 is 5.32 Å². The highest BCUT2D eigenvalue weighted by molar-refractivity contribution is 4.81. The van der Waals surface area contributed by atoms with E-state index in [0.29, 0.717) is 6.61 Å². The molecule has 0 amide bonds. The van der Waals surface area contributed by atoms with Crippen molar-refractivity contribution in [2.45, 2.75) is 134 Å². The van der Waals surface area contributed by atoms with Gasteiger partial charge in [-0.25, -0.2) is 0 Å². The zero-order valence-electron chi connectivity index (χ0n) is 20.3. The van der Waals surface area contributed by atoms with Crippen molar-refractivity contribution < 1.29 is 30.6 Å². The van der Waals surface area contributed by atoms with E-state index in [1.54, 1.807) is 0 Å². The van der Waals surface area contributed by atoms with Gasteiger partial charge in [0, 0.05) is 13.2 Å². The first kappa shape index (κ1) is 31.7. The fourth-order valence-electron chi connectivity index (χ4n) is 3.95. The Morgan fingerprint density at radius 1 is 0.438 bits per heavy atom. The molecule has 0 aromatic heterocycles. The molecule has 4 atom stereocenters. The maximum Gasteiger partial charge on any atom is 0.111 e. The number of aliphatic hydroxyl groups excluding tert-OH is 6. The van der Waals surface area contributed by atoms with Crippen molar-refractivity contribution in [3.05, 3.63) is 0 Å². The third kappa shape index (κ3) is 19.2. The Morgan fingerprint density at radius 2 is 0.781 bits per heavy atom. The van der Waals surface area contributed by atoms with Crippen molar-refractivity contribution >= 4 is 0 Å². The first-order chi connectivity index (χ1) is 15.5. The van der Waals surface area contributed by atoms with Crippen LogP contribution in [0.3, 0.4) is 0 Å². The second-order valence-electron chi connectivity index (χ2n) is 9.24. The highest BCUT2D eigenvalue weighted by Gasteiger charge is 2.29. The van der Waals surface area contributed by atoms with Gasteiger partial charge in [0.15, 0.2) is 0 Å². The summed E-state index contributed by atoms with van der Waals surface area (Å²) < 4.78 is 0. The Kier molecular flexibility index (Phi) is 23.7. The molecule has 0 aromatic carbocycles. The van der Waals surface area contributed by atoms with Crippen LogP contribution in [0.5, 0.6) is 0 Å². The van der Waals surface area contributed by atoms with Crippen molar-refractivity contribution in [1.29, 1.82) is 0 Å². The molecule has 194 valence electrons. The second kappa shape index (κ2) is 23.9. The van der Waals surface area contributed by atoms with Crippen LogP contribution in [-0.4, -0.2) is 81.4 Å². The molecule has 0 rings (SSSR count). The van der Waals surface area contributed by atoms with Gasteiger partial charge in [0.2, 0.25) is 0 Å². The third-order valence-electron chi connectivity index (χ3n) is 6.19. The minimum atomic E-state index is -1.56. The number of unbranched alkanes of at least 4 members (excludes halogenated alkanes) is 16. The molecular weight excluding hydrogens is 410 g/mol. The predicted molar refractivity (Wildman–Crippen MR) is 130 cm³/mol. The monoisotopic (exact) mass is 463 g/mol. The third-order valence-corrected chi connectivity index (χ3v) is 6.19. The molecule has 0 heterocycles. The highest BCUT2D eigenvalue weighted by atomic mass is 16.4. The molecule has 32 heavy (non-hydrogen) atoms. The summed E-state index contributed by atoms with van der Waals surface area (Å²) in [5.74, 6) is 0. The molecule has 0 saturated carbocycles. The van der Waals surface area contributed by atoms with Gasteiger partial charge < -0.3 is 36.0 Å². The van der Waals surface area contributed by atoms with Crippen LogP contribution in [0.25, 0.3) is 0 Å². The van der Waals surface area contributed by atoms with Gasteiger partial charge in [-0.15, -0.1) is 0 Å². The number of rotatable bonds is 25. The van der Waals surface area contributed by atoms with Gasteiger partial charge in [-0.2, -0.15) is 0 Å². The van der Waals surface area contributed by atoms with Crippen LogP contribution in [-0.2, 0) is 0 Å². The average molecular weight is 464 g/mol. The Morgan fingerprint density at radius 3 is 1.16 bits per heavy atom. The Bertz CT molecular complexity index is 374. The number of nitrogens with one attached hydrogen (secondary N) is 1. The van der Waals surface area contributed by atoms with Crippen LogP contribution in [0.1, 0.15) is 109 Å².